The summed E-state index contributed by atoms with van der Waals surface area (Å²) in [6, 6.07) is 11.3. The van der Waals surface area contributed by atoms with Crippen molar-refractivity contribution >= 4 is 39.5 Å². The van der Waals surface area contributed by atoms with Gasteiger partial charge in [0.15, 0.2) is 19.0 Å². The third-order valence-electron chi connectivity index (χ3n) is 3.92. The zero-order chi connectivity index (χ0) is 20.1. The van der Waals surface area contributed by atoms with Crippen LogP contribution < -0.4 is 4.90 Å². The molecule has 8 nitrogen and oxygen atoms in total. The highest BCUT2D eigenvalue weighted by Gasteiger charge is 2.18. The molecular weight excluding hydrogens is 378 g/mol. The maximum absolute atomic E-state index is 12.0. The van der Waals surface area contributed by atoms with E-state index in [4.69, 9.17) is 4.84 Å². The Balaban J connectivity index is 1.73. The molecule has 0 bridgehead atoms. The highest BCUT2D eigenvalue weighted by molar-refractivity contribution is 7.12. The summed E-state index contributed by atoms with van der Waals surface area (Å²) in [4.78, 5) is 19.1. The Morgan fingerprint density at radius 1 is 1.25 bits per heavy atom. The lowest BCUT2D eigenvalue weighted by Gasteiger charge is -2.10. The summed E-state index contributed by atoms with van der Waals surface area (Å²) < 4.78 is 1.74. The van der Waals surface area contributed by atoms with E-state index in [1.807, 2.05) is 55.9 Å². The molecule has 0 spiro atoms. The van der Waals surface area contributed by atoms with Gasteiger partial charge in [-0.2, -0.15) is 0 Å². The van der Waals surface area contributed by atoms with Crippen molar-refractivity contribution in [2.75, 3.05) is 20.7 Å². The number of thiophene rings is 1. The maximum Gasteiger partial charge on any atom is 0.304 e. The SMILES string of the molecule is C/C(=N/OCC(=O)N=Nc1c(O)n(C[NH+](C)C)c2ccccc12)c1cccs1. The molecule has 0 radical (unpaired) electrons. The van der Waals surface area contributed by atoms with Crippen molar-refractivity contribution in [2.24, 2.45) is 15.4 Å². The molecule has 1 amide bonds. The number of azo groups is 1. The lowest BCUT2D eigenvalue weighted by molar-refractivity contribution is -0.882. The fourth-order valence-electron chi connectivity index (χ4n) is 2.69. The summed E-state index contributed by atoms with van der Waals surface area (Å²) in [7, 11) is 3.96. The Morgan fingerprint density at radius 2 is 2.04 bits per heavy atom. The number of oxime groups is 1. The topological polar surface area (TPSA) is 93.0 Å². The van der Waals surface area contributed by atoms with E-state index in [0.717, 1.165) is 20.7 Å². The molecule has 0 aliphatic carbocycles. The van der Waals surface area contributed by atoms with Crippen molar-refractivity contribution in [2.45, 2.75) is 13.6 Å². The van der Waals surface area contributed by atoms with Crippen molar-refractivity contribution in [1.82, 2.24) is 4.57 Å². The average molecular weight is 400 g/mol. The lowest BCUT2D eigenvalue weighted by Crippen LogP contribution is -3.04. The first kappa shape index (κ1) is 19.7. The number of fused-ring (bicyclic) bond motifs is 1. The highest BCUT2D eigenvalue weighted by Crippen LogP contribution is 2.38. The molecule has 28 heavy (non-hydrogen) atoms. The van der Waals surface area contributed by atoms with Gasteiger partial charge in [-0.1, -0.05) is 29.4 Å². The van der Waals surface area contributed by atoms with E-state index in [1.54, 1.807) is 11.5 Å². The minimum atomic E-state index is -0.586. The van der Waals surface area contributed by atoms with Crippen LogP contribution in [0.1, 0.15) is 11.8 Å². The molecule has 0 unspecified atom stereocenters. The first-order valence-electron chi connectivity index (χ1n) is 8.71. The number of nitrogens with zero attached hydrogens (tertiary/aromatic N) is 4. The van der Waals surface area contributed by atoms with Crippen LogP contribution in [-0.2, 0) is 16.3 Å². The Kier molecular flexibility index (Phi) is 6.17. The summed E-state index contributed by atoms with van der Waals surface area (Å²) in [6.07, 6.45) is 0. The van der Waals surface area contributed by atoms with Gasteiger partial charge in [0.1, 0.15) is 0 Å². The second-order valence-corrected chi connectivity index (χ2v) is 7.45. The fourth-order valence-corrected chi connectivity index (χ4v) is 3.36. The predicted octanol–water partition coefficient (Wildman–Crippen LogP) is 2.56. The number of nitrogens with one attached hydrogen (secondary N) is 1. The van der Waals surface area contributed by atoms with E-state index in [-0.39, 0.29) is 18.2 Å². The second kappa shape index (κ2) is 8.77. The number of carbonyl (C=O) groups excluding carboxylic acids is 1. The van der Waals surface area contributed by atoms with Crippen LogP contribution in [0.25, 0.3) is 10.9 Å². The molecule has 0 aliphatic rings. The second-order valence-electron chi connectivity index (χ2n) is 6.50. The molecule has 2 heterocycles. The molecule has 2 N–H and O–H groups in total. The number of carbonyl (C=O) groups is 1. The van der Waals surface area contributed by atoms with Gasteiger partial charge >= 0.3 is 5.91 Å². The molecule has 2 aromatic heterocycles. The molecule has 0 fully saturated rings. The normalized spacial score (nSPS) is 12.4. The number of hydrogen-bond acceptors (Lipinski definition) is 6. The number of rotatable bonds is 7. The molecule has 0 saturated heterocycles. The van der Waals surface area contributed by atoms with Crippen LogP contribution in [0.4, 0.5) is 5.69 Å². The Labute approximate surface area is 166 Å². The van der Waals surface area contributed by atoms with E-state index in [2.05, 4.69) is 15.4 Å². The van der Waals surface area contributed by atoms with E-state index in [0.29, 0.717) is 12.4 Å². The van der Waals surface area contributed by atoms with Crippen LogP contribution in [0, 0.1) is 0 Å². The summed E-state index contributed by atoms with van der Waals surface area (Å²) >= 11 is 1.54. The number of aromatic hydroxyl groups is 1. The zero-order valence-corrected chi connectivity index (χ0v) is 16.7. The molecule has 3 rings (SSSR count). The molecule has 0 aliphatic heterocycles. The number of aromatic nitrogens is 1. The number of quaternary nitrogens is 1. The highest BCUT2D eigenvalue weighted by atomic mass is 32.1. The maximum atomic E-state index is 12.0. The third-order valence-corrected chi connectivity index (χ3v) is 4.90. The summed E-state index contributed by atoms with van der Waals surface area (Å²) in [6.45, 7) is 2.03. The fraction of sp³-hybridized carbons (Fsp3) is 0.263. The lowest BCUT2D eigenvalue weighted by atomic mass is 10.2. The number of benzene rings is 1. The van der Waals surface area contributed by atoms with Crippen LogP contribution in [0.5, 0.6) is 5.88 Å². The van der Waals surface area contributed by atoms with Gasteiger partial charge < -0.3 is 14.8 Å². The van der Waals surface area contributed by atoms with E-state index < -0.39 is 5.91 Å². The molecule has 146 valence electrons. The minimum Gasteiger partial charge on any atom is -0.493 e. The summed E-state index contributed by atoms with van der Waals surface area (Å²) in [5.74, 6) is -0.608. The third kappa shape index (κ3) is 4.44. The zero-order valence-electron chi connectivity index (χ0n) is 15.9. The van der Waals surface area contributed by atoms with Gasteiger partial charge in [0.25, 0.3) is 0 Å². The van der Waals surface area contributed by atoms with E-state index >= 15 is 0 Å². The molecule has 9 heteroatoms. The van der Waals surface area contributed by atoms with Gasteiger partial charge in [-0.3, -0.25) is 9.36 Å². The van der Waals surface area contributed by atoms with Crippen molar-refractivity contribution < 1.29 is 19.6 Å². The molecule has 0 atom stereocenters. The minimum absolute atomic E-state index is 0.0218. The van der Waals surface area contributed by atoms with Gasteiger partial charge in [0.2, 0.25) is 5.88 Å². The average Bonchev–Trinajstić information content (AvgIpc) is 3.28. The molecule has 1 aromatic carbocycles. The van der Waals surface area contributed by atoms with Gasteiger partial charge in [-0.25, -0.2) is 0 Å². The van der Waals surface area contributed by atoms with Crippen LogP contribution in [0.2, 0.25) is 0 Å². The molecule has 0 saturated carbocycles. The van der Waals surface area contributed by atoms with Crippen LogP contribution >= 0.6 is 11.3 Å². The van der Waals surface area contributed by atoms with Crippen molar-refractivity contribution in [3.05, 3.63) is 46.7 Å². The number of para-hydroxylation sites is 1. The van der Waals surface area contributed by atoms with Crippen molar-refractivity contribution in [3.63, 3.8) is 0 Å². The van der Waals surface area contributed by atoms with Gasteiger partial charge in [-0.05, 0) is 24.4 Å². The van der Waals surface area contributed by atoms with E-state index in [9.17, 15) is 9.90 Å². The Morgan fingerprint density at radius 3 is 2.75 bits per heavy atom. The van der Waals surface area contributed by atoms with Crippen LogP contribution in [-0.4, -0.2) is 42.0 Å². The smallest absolute Gasteiger partial charge is 0.304 e. The largest absolute Gasteiger partial charge is 0.493 e. The number of hydrogen-bond donors (Lipinski definition) is 2. The first-order valence-corrected chi connectivity index (χ1v) is 9.59. The molecule has 3 aromatic rings. The van der Waals surface area contributed by atoms with Gasteiger partial charge in [0.05, 0.1) is 30.2 Å². The van der Waals surface area contributed by atoms with Gasteiger partial charge in [0, 0.05) is 5.39 Å². The van der Waals surface area contributed by atoms with Crippen LogP contribution in [0.15, 0.2) is 57.2 Å². The van der Waals surface area contributed by atoms with Crippen LogP contribution in [0.3, 0.4) is 0 Å². The van der Waals surface area contributed by atoms with E-state index in [1.165, 1.54) is 11.3 Å². The Hall–Kier alpha value is -3.04. The summed E-state index contributed by atoms with van der Waals surface area (Å²) in [5, 5.41) is 24.8. The quantitative estimate of drug-likeness (QED) is 0.363. The molecular formula is C19H22N5O3S+. The van der Waals surface area contributed by atoms with Crippen molar-refractivity contribution in [1.29, 1.82) is 0 Å². The monoisotopic (exact) mass is 400 g/mol. The van der Waals surface area contributed by atoms with Crippen molar-refractivity contribution in [3.8, 4) is 5.88 Å². The standard InChI is InChI=1S/C19H21N5O3S/c1-13(16-9-6-10-28-16)22-27-11-17(25)20-21-18-14-7-4-5-8-15(14)24(19(18)26)12-23(2)3/h4-10,26H,11-12H2,1-3H3/p+1/b21-20?,22-13-. The van der Waals surface area contributed by atoms with Gasteiger partial charge in [-0.15, -0.1) is 21.6 Å². The summed E-state index contributed by atoms with van der Waals surface area (Å²) in [5.41, 5.74) is 1.78. The Bertz CT molecular complexity index is 1020. The number of amides is 1. The first-order chi connectivity index (χ1) is 13.5. The predicted molar refractivity (Wildman–Crippen MR) is 108 cm³/mol.